The van der Waals surface area contributed by atoms with Crippen LogP contribution in [0, 0.1) is 0 Å². The Hall–Kier alpha value is -3.21. The van der Waals surface area contributed by atoms with Gasteiger partial charge >= 0.3 is 0 Å². The van der Waals surface area contributed by atoms with Crippen molar-refractivity contribution < 1.29 is 9.84 Å². The lowest BCUT2D eigenvalue weighted by atomic mass is 10.1. The van der Waals surface area contributed by atoms with Crippen LogP contribution in [0.1, 0.15) is 0 Å². The highest BCUT2D eigenvalue weighted by atomic mass is 16.5. The Morgan fingerprint density at radius 3 is 2.64 bits per heavy atom. The van der Waals surface area contributed by atoms with E-state index in [4.69, 9.17) is 4.74 Å². The van der Waals surface area contributed by atoms with Crippen LogP contribution in [0.4, 0.5) is 5.69 Å². The summed E-state index contributed by atoms with van der Waals surface area (Å²) in [5, 5.41) is 13.4. The molecule has 0 radical (unpaired) electrons. The Morgan fingerprint density at radius 1 is 1.04 bits per heavy atom. The lowest BCUT2D eigenvalue weighted by Crippen LogP contribution is -2.09. The van der Waals surface area contributed by atoms with E-state index in [0.29, 0.717) is 0 Å². The number of hydrogen-bond donors (Lipinski definition) is 1. The lowest BCUT2D eigenvalue weighted by molar-refractivity contribution is 0.414. The number of aromatic hydroxyl groups is 1. The predicted octanol–water partition coefficient (Wildman–Crippen LogP) is 3.96. The van der Waals surface area contributed by atoms with E-state index in [1.54, 1.807) is 17.9 Å². The Labute approximate surface area is 145 Å². The van der Waals surface area contributed by atoms with Gasteiger partial charge in [0.2, 0.25) is 5.88 Å². The van der Waals surface area contributed by atoms with Crippen LogP contribution in [0.3, 0.4) is 0 Å². The number of methoxy groups -OCH3 is 1. The average Bonchev–Trinajstić information content (AvgIpc) is 2.96. The van der Waals surface area contributed by atoms with Crippen LogP contribution in [0.15, 0.2) is 54.9 Å². The third-order valence-electron chi connectivity index (χ3n) is 4.46. The molecule has 2 heterocycles. The van der Waals surface area contributed by atoms with Gasteiger partial charge in [-0.1, -0.05) is 0 Å². The predicted molar refractivity (Wildman–Crippen MR) is 101 cm³/mol. The summed E-state index contributed by atoms with van der Waals surface area (Å²) in [5.41, 5.74) is 2.87. The third kappa shape index (κ3) is 2.45. The minimum atomic E-state index is 0.192. The molecule has 5 heteroatoms. The van der Waals surface area contributed by atoms with Crippen LogP contribution in [0.5, 0.6) is 11.6 Å². The van der Waals surface area contributed by atoms with Crippen molar-refractivity contribution in [1.29, 1.82) is 0 Å². The highest BCUT2D eigenvalue weighted by molar-refractivity contribution is 5.94. The van der Waals surface area contributed by atoms with Crippen molar-refractivity contribution in [3.8, 4) is 17.3 Å². The van der Waals surface area contributed by atoms with Crippen LogP contribution < -0.4 is 9.64 Å². The molecule has 0 aliphatic rings. The number of ether oxygens (including phenoxy) is 1. The Balaban J connectivity index is 1.90. The zero-order chi connectivity index (χ0) is 17.6. The number of anilines is 1. The summed E-state index contributed by atoms with van der Waals surface area (Å²) < 4.78 is 7.02. The summed E-state index contributed by atoms with van der Waals surface area (Å²) in [6.07, 6.45) is 3.72. The molecule has 4 aromatic rings. The first-order valence-electron chi connectivity index (χ1n) is 8.03. The quantitative estimate of drug-likeness (QED) is 0.616. The molecular formula is C20H19N3O2. The van der Waals surface area contributed by atoms with Crippen molar-refractivity contribution in [2.75, 3.05) is 26.1 Å². The summed E-state index contributed by atoms with van der Waals surface area (Å²) in [4.78, 5) is 6.55. The van der Waals surface area contributed by atoms with E-state index in [1.165, 1.54) is 0 Å². The zero-order valence-corrected chi connectivity index (χ0v) is 14.4. The molecule has 0 spiro atoms. The van der Waals surface area contributed by atoms with Gasteiger partial charge in [-0.25, -0.2) is 0 Å². The maximum absolute atomic E-state index is 10.7. The number of nitrogens with zero attached hydrogens (tertiary/aromatic N) is 3. The summed E-state index contributed by atoms with van der Waals surface area (Å²) >= 11 is 0. The Kier molecular flexibility index (Phi) is 3.50. The molecule has 0 bridgehead atoms. The Morgan fingerprint density at radius 2 is 1.88 bits per heavy atom. The fourth-order valence-electron chi connectivity index (χ4n) is 3.16. The van der Waals surface area contributed by atoms with Gasteiger partial charge in [0.05, 0.1) is 18.3 Å². The van der Waals surface area contributed by atoms with Crippen LogP contribution >= 0.6 is 0 Å². The standard InChI is InChI=1S/C20H19N3O2/c1-22(2)19-8-9-21-18-10-14(5-7-16(18)19)23-12-13-4-6-15(25-3)11-17(13)20(23)24/h4-12,24H,1-3H3. The van der Waals surface area contributed by atoms with Gasteiger partial charge in [-0.2, -0.15) is 0 Å². The Bertz CT molecular complexity index is 1080. The van der Waals surface area contributed by atoms with Gasteiger partial charge < -0.3 is 14.7 Å². The van der Waals surface area contributed by atoms with Crippen molar-refractivity contribution in [2.24, 2.45) is 0 Å². The average molecular weight is 333 g/mol. The molecule has 0 amide bonds. The number of pyridine rings is 1. The fourth-order valence-corrected chi connectivity index (χ4v) is 3.16. The highest BCUT2D eigenvalue weighted by Gasteiger charge is 2.12. The first-order valence-corrected chi connectivity index (χ1v) is 8.03. The van der Waals surface area contributed by atoms with Gasteiger partial charge in [-0.3, -0.25) is 9.55 Å². The van der Waals surface area contributed by atoms with E-state index in [9.17, 15) is 5.11 Å². The number of fused-ring (bicyclic) bond motifs is 2. The summed E-state index contributed by atoms with van der Waals surface area (Å²) in [6, 6.07) is 13.7. The summed E-state index contributed by atoms with van der Waals surface area (Å²) in [7, 11) is 5.65. The molecule has 1 N–H and O–H groups in total. The van der Waals surface area contributed by atoms with Gasteiger partial charge in [0.15, 0.2) is 0 Å². The summed E-state index contributed by atoms with van der Waals surface area (Å²) in [5.74, 6) is 0.911. The molecular weight excluding hydrogens is 314 g/mol. The minimum absolute atomic E-state index is 0.192. The summed E-state index contributed by atoms with van der Waals surface area (Å²) in [6.45, 7) is 0. The second-order valence-corrected chi connectivity index (χ2v) is 6.20. The lowest BCUT2D eigenvalue weighted by Gasteiger charge is -2.15. The van der Waals surface area contributed by atoms with Gasteiger partial charge in [0, 0.05) is 48.3 Å². The van der Waals surface area contributed by atoms with E-state index >= 15 is 0 Å². The van der Waals surface area contributed by atoms with Gasteiger partial charge in [0.25, 0.3) is 0 Å². The molecule has 2 aromatic heterocycles. The van der Waals surface area contributed by atoms with Crippen LogP contribution in [-0.2, 0) is 0 Å². The second kappa shape index (κ2) is 5.70. The molecule has 0 atom stereocenters. The largest absolute Gasteiger partial charge is 0.497 e. The number of aromatic nitrogens is 2. The zero-order valence-electron chi connectivity index (χ0n) is 14.4. The molecule has 0 unspecified atom stereocenters. The van der Waals surface area contributed by atoms with Gasteiger partial charge in [0.1, 0.15) is 5.75 Å². The molecule has 0 saturated heterocycles. The molecule has 5 nitrogen and oxygen atoms in total. The van der Waals surface area contributed by atoms with Crippen molar-refractivity contribution in [3.63, 3.8) is 0 Å². The molecule has 25 heavy (non-hydrogen) atoms. The topological polar surface area (TPSA) is 50.5 Å². The van der Waals surface area contributed by atoms with Crippen molar-refractivity contribution in [1.82, 2.24) is 9.55 Å². The molecule has 2 aromatic carbocycles. The van der Waals surface area contributed by atoms with Crippen LogP contribution in [0.25, 0.3) is 27.4 Å². The first kappa shape index (κ1) is 15.3. The van der Waals surface area contributed by atoms with E-state index < -0.39 is 0 Å². The molecule has 0 saturated carbocycles. The van der Waals surface area contributed by atoms with E-state index in [1.807, 2.05) is 62.8 Å². The van der Waals surface area contributed by atoms with Crippen molar-refractivity contribution in [2.45, 2.75) is 0 Å². The van der Waals surface area contributed by atoms with Gasteiger partial charge in [-0.05, 0) is 42.5 Å². The van der Waals surface area contributed by atoms with E-state index in [0.717, 1.165) is 38.8 Å². The fraction of sp³-hybridized carbons (Fsp3) is 0.150. The van der Waals surface area contributed by atoms with Gasteiger partial charge in [-0.15, -0.1) is 0 Å². The highest BCUT2D eigenvalue weighted by Crippen LogP contribution is 2.34. The third-order valence-corrected chi connectivity index (χ3v) is 4.46. The van der Waals surface area contributed by atoms with Crippen LogP contribution in [-0.4, -0.2) is 35.9 Å². The normalized spacial score (nSPS) is 11.2. The number of rotatable bonds is 3. The maximum Gasteiger partial charge on any atom is 0.203 e. The van der Waals surface area contributed by atoms with E-state index in [-0.39, 0.29) is 5.88 Å². The molecule has 126 valence electrons. The van der Waals surface area contributed by atoms with E-state index in [2.05, 4.69) is 9.88 Å². The molecule has 0 fully saturated rings. The van der Waals surface area contributed by atoms with Crippen molar-refractivity contribution in [3.05, 3.63) is 54.9 Å². The SMILES string of the molecule is COc1ccc2cn(-c3ccc4c(N(C)C)ccnc4c3)c(O)c2c1. The second-order valence-electron chi connectivity index (χ2n) is 6.20. The monoisotopic (exact) mass is 333 g/mol. The maximum atomic E-state index is 10.7. The van der Waals surface area contributed by atoms with Crippen LogP contribution in [0.2, 0.25) is 0 Å². The first-order chi connectivity index (χ1) is 12.1. The minimum Gasteiger partial charge on any atom is -0.497 e. The smallest absolute Gasteiger partial charge is 0.203 e. The number of hydrogen-bond acceptors (Lipinski definition) is 4. The molecule has 0 aliphatic heterocycles. The van der Waals surface area contributed by atoms with Crippen molar-refractivity contribution >= 4 is 27.4 Å². The number of benzene rings is 2. The molecule has 0 aliphatic carbocycles. The molecule has 4 rings (SSSR count).